The fourth-order valence-corrected chi connectivity index (χ4v) is 2.58. The standard InChI is InChI=1S/C21H19ClN2O5/c1-3-28-18-11-13(10-17(22)19(18)25)9-15(12-23)20(26)24-16-7-5-14(6-8-16)21(27)29-4-2/h5-11,25H,3-4H2,1-2H3,(H,24,26)/b15-9+. The first-order valence-corrected chi connectivity index (χ1v) is 9.13. The molecule has 0 saturated carbocycles. The number of halogens is 1. The third kappa shape index (κ3) is 5.74. The number of nitrogens with zero attached hydrogens (tertiary/aromatic N) is 1. The molecular weight excluding hydrogens is 396 g/mol. The first-order valence-electron chi connectivity index (χ1n) is 8.75. The molecule has 2 aromatic rings. The number of carbonyl (C=O) groups excluding carboxylic acids is 2. The Morgan fingerprint density at radius 3 is 2.48 bits per heavy atom. The van der Waals surface area contributed by atoms with Crippen molar-refractivity contribution < 1.29 is 24.2 Å². The van der Waals surface area contributed by atoms with Gasteiger partial charge in [-0.15, -0.1) is 0 Å². The van der Waals surface area contributed by atoms with Gasteiger partial charge in [-0.1, -0.05) is 11.6 Å². The van der Waals surface area contributed by atoms with Crippen LogP contribution in [0.25, 0.3) is 6.08 Å². The molecule has 2 aromatic carbocycles. The average molecular weight is 415 g/mol. The molecule has 0 heterocycles. The largest absolute Gasteiger partial charge is 0.503 e. The summed E-state index contributed by atoms with van der Waals surface area (Å²) in [7, 11) is 0. The van der Waals surface area contributed by atoms with Gasteiger partial charge in [0, 0.05) is 5.69 Å². The van der Waals surface area contributed by atoms with Crippen LogP contribution in [0.5, 0.6) is 11.5 Å². The lowest BCUT2D eigenvalue weighted by atomic mass is 10.1. The van der Waals surface area contributed by atoms with E-state index in [1.54, 1.807) is 13.8 Å². The van der Waals surface area contributed by atoms with Gasteiger partial charge in [0.2, 0.25) is 0 Å². The first-order chi connectivity index (χ1) is 13.9. The van der Waals surface area contributed by atoms with Gasteiger partial charge in [-0.3, -0.25) is 4.79 Å². The van der Waals surface area contributed by atoms with Crippen LogP contribution in [0.4, 0.5) is 5.69 Å². The minimum atomic E-state index is -0.640. The zero-order chi connectivity index (χ0) is 21.4. The Bertz CT molecular complexity index is 978. The third-order valence-electron chi connectivity index (χ3n) is 3.68. The molecule has 0 aromatic heterocycles. The van der Waals surface area contributed by atoms with Gasteiger partial charge in [0.25, 0.3) is 5.91 Å². The topological polar surface area (TPSA) is 109 Å². The third-order valence-corrected chi connectivity index (χ3v) is 3.97. The lowest BCUT2D eigenvalue weighted by Gasteiger charge is -2.09. The van der Waals surface area contributed by atoms with Crippen LogP contribution >= 0.6 is 11.6 Å². The molecule has 0 spiro atoms. The molecule has 8 heteroatoms. The molecule has 29 heavy (non-hydrogen) atoms. The fourth-order valence-electron chi connectivity index (χ4n) is 2.36. The minimum Gasteiger partial charge on any atom is -0.503 e. The summed E-state index contributed by atoms with van der Waals surface area (Å²) in [6.07, 6.45) is 1.33. The van der Waals surface area contributed by atoms with Crippen molar-refractivity contribution in [2.45, 2.75) is 13.8 Å². The predicted octanol–water partition coefficient (Wildman–Crippen LogP) is 4.17. The Morgan fingerprint density at radius 2 is 1.90 bits per heavy atom. The van der Waals surface area contributed by atoms with E-state index in [-0.39, 0.29) is 28.7 Å². The number of esters is 1. The van der Waals surface area contributed by atoms with Crippen LogP contribution in [0.1, 0.15) is 29.8 Å². The highest BCUT2D eigenvalue weighted by Crippen LogP contribution is 2.35. The van der Waals surface area contributed by atoms with Gasteiger partial charge >= 0.3 is 5.97 Å². The van der Waals surface area contributed by atoms with E-state index < -0.39 is 11.9 Å². The molecule has 0 aliphatic carbocycles. The maximum Gasteiger partial charge on any atom is 0.338 e. The van der Waals surface area contributed by atoms with Gasteiger partial charge in [-0.05, 0) is 61.9 Å². The highest BCUT2D eigenvalue weighted by Gasteiger charge is 2.13. The molecule has 1 amide bonds. The lowest BCUT2D eigenvalue weighted by Crippen LogP contribution is -2.13. The Labute approximate surface area is 173 Å². The summed E-state index contributed by atoms with van der Waals surface area (Å²) >= 11 is 5.97. The number of phenolic OH excluding ortho intramolecular Hbond substituents is 1. The summed E-state index contributed by atoms with van der Waals surface area (Å²) in [5.41, 5.74) is 0.996. The van der Waals surface area contributed by atoms with E-state index in [9.17, 15) is 20.0 Å². The number of phenols is 1. The fraction of sp³-hybridized carbons (Fsp3) is 0.190. The summed E-state index contributed by atoms with van der Waals surface area (Å²) in [5.74, 6) is -1.16. The quantitative estimate of drug-likeness (QED) is 0.400. The van der Waals surface area contributed by atoms with E-state index in [0.29, 0.717) is 23.4 Å². The van der Waals surface area contributed by atoms with E-state index in [2.05, 4.69) is 5.32 Å². The van der Waals surface area contributed by atoms with Crippen molar-refractivity contribution in [1.29, 1.82) is 5.26 Å². The summed E-state index contributed by atoms with van der Waals surface area (Å²) in [4.78, 5) is 24.1. The summed E-state index contributed by atoms with van der Waals surface area (Å²) in [6.45, 7) is 4.03. The van der Waals surface area contributed by atoms with Gasteiger partial charge in [0.05, 0.1) is 23.8 Å². The molecule has 0 unspecified atom stereocenters. The lowest BCUT2D eigenvalue weighted by molar-refractivity contribution is -0.112. The molecule has 2 N–H and O–H groups in total. The van der Waals surface area contributed by atoms with Crippen molar-refractivity contribution in [1.82, 2.24) is 0 Å². The zero-order valence-corrected chi connectivity index (χ0v) is 16.6. The number of nitriles is 1. The smallest absolute Gasteiger partial charge is 0.338 e. The molecule has 0 radical (unpaired) electrons. The second kappa shape index (κ2) is 10.2. The van der Waals surface area contributed by atoms with Crippen LogP contribution in [0.3, 0.4) is 0 Å². The predicted molar refractivity (Wildman–Crippen MR) is 109 cm³/mol. The molecule has 0 atom stereocenters. The van der Waals surface area contributed by atoms with Gasteiger partial charge < -0.3 is 19.9 Å². The number of carbonyl (C=O) groups is 2. The van der Waals surface area contributed by atoms with Crippen molar-refractivity contribution in [3.8, 4) is 17.6 Å². The normalized spacial score (nSPS) is 10.8. The molecule has 7 nitrogen and oxygen atoms in total. The van der Waals surface area contributed by atoms with Crippen molar-refractivity contribution >= 4 is 35.2 Å². The number of aromatic hydroxyl groups is 1. The molecule has 150 valence electrons. The molecule has 0 bridgehead atoms. The molecule has 0 saturated heterocycles. The maximum absolute atomic E-state index is 12.4. The average Bonchev–Trinajstić information content (AvgIpc) is 2.70. The van der Waals surface area contributed by atoms with Gasteiger partial charge in [-0.2, -0.15) is 5.26 Å². The minimum absolute atomic E-state index is 0.0365. The number of benzene rings is 2. The van der Waals surface area contributed by atoms with Crippen molar-refractivity contribution in [2.24, 2.45) is 0 Å². The highest BCUT2D eigenvalue weighted by atomic mass is 35.5. The van der Waals surface area contributed by atoms with Crippen molar-refractivity contribution in [3.05, 3.63) is 58.1 Å². The first kappa shape index (κ1) is 21.8. The number of ether oxygens (including phenoxy) is 2. The summed E-state index contributed by atoms with van der Waals surface area (Å²) in [6, 6.07) is 10.8. The molecule has 0 aliphatic rings. The van der Waals surface area contributed by atoms with E-state index in [1.165, 1.54) is 42.5 Å². The Kier molecular flexibility index (Phi) is 7.63. The maximum atomic E-state index is 12.4. The van der Waals surface area contributed by atoms with Gasteiger partial charge in [-0.25, -0.2) is 4.79 Å². The SMILES string of the molecule is CCOC(=O)c1ccc(NC(=O)/C(C#N)=C/c2cc(Cl)c(O)c(OCC)c2)cc1. The van der Waals surface area contributed by atoms with Crippen molar-refractivity contribution in [2.75, 3.05) is 18.5 Å². The van der Waals surface area contributed by atoms with Crippen LogP contribution in [-0.2, 0) is 9.53 Å². The molecule has 0 fully saturated rings. The second-order valence-electron chi connectivity index (χ2n) is 5.70. The Hall–Kier alpha value is -3.50. The van der Waals surface area contributed by atoms with Gasteiger partial charge in [0.15, 0.2) is 11.5 Å². The number of rotatable bonds is 7. The van der Waals surface area contributed by atoms with Crippen LogP contribution in [0, 0.1) is 11.3 Å². The second-order valence-corrected chi connectivity index (χ2v) is 6.11. The Morgan fingerprint density at radius 1 is 1.21 bits per heavy atom. The summed E-state index contributed by atoms with van der Waals surface area (Å²) < 4.78 is 10.2. The molecule has 2 rings (SSSR count). The number of anilines is 1. The number of nitrogens with one attached hydrogen (secondary N) is 1. The van der Waals surface area contributed by atoms with E-state index in [4.69, 9.17) is 21.1 Å². The summed E-state index contributed by atoms with van der Waals surface area (Å²) in [5, 5.41) is 21.9. The number of amides is 1. The van der Waals surface area contributed by atoms with Gasteiger partial charge in [0.1, 0.15) is 11.6 Å². The van der Waals surface area contributed by atoms with Crippen LogP contribution in [0.2, 0.25) is 5.02 Å². The van der Waals surface area contributed by atoms with E-state index in [0.717, 1.165) is 0 Å². The van der Waals surface area contributed by atoms with E-state index in [1.807, 2.05) is 6.07 Å². The molecule has 0 aliphatic heterocycles. The van der Waals surface area contributed by atoms with Crippen LogP contribution in [0.15, 0.2) is 42.0 Å². The number of hydrogen-bond donors (Lipinski definition) is 2. The van der Waals surface area contributed by atoms with Crippen LogP contribution in [-0.4, -0.2) is 30.2 Å². The van der Waals surface area contributed by atoms with E-state index >= 15 is 0 Å². The van der Waals surface area contributed by atoms with Crippen molar-refractivity contribution in [3.63, 3.8) is 0 Å². The van der Waals surface area contributed by atoms with Crippen LogP contribution < -0.4 is 10.1 Å². The molecular formula is C21H19ClN2O5. The highest BCUT2D eigenvalue weighted by molar-refractivity contribution is 6.32. The zero-order valence-electron chi connectivity index (χ0n) is 15.9. The Balaban J connectivity index is 2.21. The monoisotopic (exact) mass is 414 g/mol. The number of hydrogen-bond acceptors (Lipinski definition) is 6.